The van der Waals surface area contributed by atoms with Crippen molar-refractivity contribution in [2.24, 2.45) is 7.05 Å². The highest BCUT2D eigenvalue weighted by molar-refractivity contribution is 6.31. The third-order valence-electron chi connectivity index (χ3n) is 6.06. The van der Waals surface area contributed by atoms with E-state index in [1.165, 1.54) is 32.3 Å². The summed E-state index contributed by atoms with van der Waals surface area (Å²) in [7, 11) is 1.52. The second-order valence-electron chi connectivity index (χ2n) is 9.06. The van der Waals surface area contributed by atoms with Crippen LogP contribution in [0.4, 0.5) is 8.78 Å². The van der Waals surface area contributed by atoms with Crippen molar-refractivity contribution < 1.29 is 27.6 Å². The van der Waals surface area contributed by atoms with Crippen LogP contribution in [0, 0.1) is 18.6 Å². The van der Waals surface area contributed by atoms with E-state index in [2.05, 4.69) is 36.2 Å². The zero-order valence-electron chi connectivity index (χ0n) is 20.8. The lowest BCUT2D eigenvalue weighted by Gasteiger charge is -2.40. The van der Waals surface area contributed by atoms with E-state index in [0.717, 1.165) is 16.9 Å². The molecule has 1 aliphatic rings. The van der Waals surface area contributed by atoms with Crippen LogP contribution in [0.2, 0.25) is 5.02 Å². The molecule has 2 N–H and O–H groups in total. The van der Waals surface area contributed by atoms with Crippen LogP contribution in [-0.2, 0) is 16.6 Å². The van der Waals surface area contributed by atoms with Crippen LogP contribution in [0.5, 0.6) is 0 Å². The van der Waals surface area contributed by atoms with Crippen molar-refractivity contribution in [1.82, 2.24) is 41.0 Å². The van der Waals surface area contributed by atoms with Gasteiger partial charge in [-0.05, 0) is 42.8 Å². The van der Waals surface area contributed by atoms with Gasteiger partial charge in [0.1, 0.15) is 11.6 Å². The van der Waals surface area contributed by atoms with E-state index >= 15 is 4.39 Å². The molecule has 2 amide bonds. The van der Waals surface area contributed by atoms with E-state index in [1.54, 1.807) is 6.92 Å². The maximum Gasteiger partial charge on any atom is 0.290 e. The first-order valence-corrected chi connectivity index (χ1v) is 12.0. The maximum absolute atomic E-state index is 15.3. The molecular formula is C24H21ClF2N8O4. The highest BCUT2D eigenvalue weighted by Crippen LogP contribution is 2.35. The Balaban J connectivity index is 1.37. The lowest BCUT2D eigenvalue weighted by molar-refractivity contribution is -0.147. The first-order valence-electron chi connectivity index (χ1n) is 11.6. The van der Waals surface area contributed by atoms with Gasteiger partial charge in [-0.15, -0.1) is 10.2 Å². The summed E-state index contributed by atoms with van der Waals surface area (Å²) in [5, 5.41) is 20.6. The number of ether oxygens (including phenoxy) is 1. The van der Waals surface area contributed by atoms with Gasteiger partial charge in [0.15, 0.2) is 5.54 Å². The Morgan fingerprint density at radius 2 is 1.95 bits per heavy atom. The number of carbonyl (C=O) groups excluding carboxylic acids is 2. The summed E-state index contributed by atoms with van der Waals surface area (Å²) in [6.07, 6.45) is 1.32. The molecule has 3 aromatic heterocycles. The number of benzene rings is 1. The lowest BCUT2D eigenvalue weighted by atomic mass is 9.95. The van der Waals surface area contributed by atoms with Crippen LogP contribution in [0.3, 0.4) is 0 Å². The number of aromatic nitrogens is 6. The molecular weight excluding hydrogens is 538 g/mol. The van der Waals surface area contributed by atoms with Crippen molar-refractivity contribution in [3.63, 3.8) is 0 Å². The zero-order chi connectivity index (χ0) is 27.9. The summed E-state index contributed by atoms with van der Waals surface area (Å²) in [5.74, 6) is -2.79. The minimum Gasteiger partial charge on any atom is -0.375 e. The number of hydrogen-bond acceptors (Lipinski definition) is 9. The van der Waals surface area contributed by atoms with Gasteiger partial charge in [-0.3, -0.25) is 14.6 Å². The van der Waals surface area contributed by atoms with E-state index < -0.39 is 35.0 Å². The second kappa shape index (κ2) is 10.1. The monoisotopic (exact) mass is 558 g/mol. The molecule has 5 rings (SSSR count). The smallest absolute Gasteiger partial charge is 0.290 e. The van der Waals surface area contributed by atoms with Crippen molar-refractivity contribution in [2.45, 2.75) is 25.4 Å². The Hall–Kier alpha value is -4.30. The quantitative estimate of drug-likeness (QED) is 0.349. The van der Waals surface area contributed by atoms with Crippen molar-refractivity contribution in [1.29, 1.82) is 0 Å². The van der Waals surface area contributed by atoms with E-state index in [9.17, 15) is 14.0 Å². The molecule has 1 atom stereocenters. The predicted octanol–water partition coefficient (Wildman–Crippen LogP) is 2.54. The van der Waals surface area contributed by atoms with Crippen LogP contribution < -0.4 is 10.6 Å². The molecule has 15 heteroatoms. The predicted molar refractivity (Wildman–Crippen MR) is 131 cm³/mol. The number of carbonyl (C=O) groups is 2. The van der Waals surface area contributed by atoms with Gasteiger partial charge in [-0.1, -0.05) is 16.8 Å². The average Bonchev–Trinajstić information content (AvgIpc) is 3.48. The number of hydrogen-bond donors (Lipinski definition) is 2. The maximum atomic E-state index is 15.3. The Morgan fingerprint density at radius 1 is 1.18 bits per heavy atom. The van der Waals surface area contributed by atoms with Gasteiger partial charge in [-0.2, -0.15) is 4.80 Å². The van der Waals surface area contributed by atoms with Crippen LogP contribution in [0.15, 0.2) is 35.0 Å². The molecule has 1 unspecified atom stereocenters. The highest BCUT2D eigenvalue weighted by Gasteiger charge is 2.48. The number of nitrogens with zero attached hydrogens (tertiary/aromatic N) is 6. The third-order valence-corrected chi connectivity index (χ3v) is 6.28. The molecule has 0 bridgehead atoms. The molecule has 0 spiro atoms. The number of halogens is 3. The summed E-state index contributed by atoms with van der Waals surface area (Å²) < 4.78 is 40.3. The third kappa shape index (κ3) is 5.07. The van der Waals surface area contributed by atoms with E-state index in [0.29, 0.717) is 5.69 Å². The minimum atomic E-state index is -1.38. The number of rotatable bonds is 7. The molecule has 0 radical (unpaired) electrons. The number of pyridine rings is 1. The van der Waals surface area contributed by atoms with Gasteiger partial charge >= 0.3 is 0 Å². The first-order chi connectivity index (χ1) is 18.6. The molecule has 1 aromatic carbocycles. The molecule has 0 aliphatic carbocycles. The Morgan fingerprint density at radius 3 is 2.54 bits per heavy atom. The number of tetrazole rings is 1. The highest BCUT2D eigenvalue weighted by atomic mass is 35.5. The molecule has 0 saturated carbocycles. The largest absolute Gasteiger partial charge is 0.375 e. The van der Waals surface area contributed by atoms with Gasteiger partial charge < -0.3 is 19.9 Å². The van der Waals surface area contributed by atoms with Crippen LogP contribution >= 0.6 is 11.6 Å². The lowest BCUT2D eigenvalue weighted by Crippen LogP contribution is -2.70. The van der Waals surface area contributed by atoms with Crippen molar-refractivity contribution in [3.05, 3.63) is 64.3 Å². The summed E-state index contributed by atoms with van der Waals surface area (Å²) >= 11 is 6.07. The number of aryl methyl sites for hydroxylation is 2. The molecule has 1 aliphatic heterocycles. The van der Waals surface area contributed by atoms with Crippen molar-refractivity contribution in [2.75, 3.05) is 13.2 Å². The summed E-state index contributed by atoms with van der Waals surface area (Å²) in [6, 6.07) is 4.21. The standard InChI is InChI=1S/C24H21ClF2N8O4/c1-11-4-18(39-33-11)22(36)30-24(9-38-10-24)23(37)29-12(2)20-17(27)5-13(8-28-20)15-6-14(25)7-16(26)19(15)21-31-34-35(3)32-21/h4-8,12H,9-10H2,1-3H3,(H,29,37)(H,30,36). The van der Waals surface area contributed by atoms with Gasteiger partial charge in [0.2, 0.25) is 11.6 Å². The number of nitrogens with one attached hydrogen (secondary N) is 2. The van der Waals surface area contributed by atoms with Gasteiger partial charge in [-0.25, -0.2) is 8.78 Å². The topological polar surface area (TPSA) is 150 Å². The molecule has 202 valence electrons. The normalized spacial score (nSPS) is 14.9. The Kier molecular flexibility index (Phi) is 6.82. The SMILES string of the molecule is Cc1cc(C(=O)NC2(C(=O)NC(C)c3ncc(-c4cc(Cl)cc(F)c4-c4nnn(C)n4)cc3F)COC2)on1. The fourth-order valence-corrected chi connectivity index (χ4v) is 4.25. The Labute approximate surface area is 224 Å². The number of amides is 2. The van der Waals surface area contributed by atoms with Crippen LogP contribution in [-0.4, -0.2) is 60.9 Å². The first kappa shape index (κ1) is 26.3. The minimum absolute atomic E-state index is 0.0117. The van der Waals surface area contributed by atoms with Gasteiger partial charge in [0.05, 0.1) is 43.3 Å². The summed E-state index contributed by atoms with van der Waals surface area (Å²) in [5.41, 5.74) is -0.563. The van der Waals surface area contributed by atoms with E-state index in [4.69, 9.17) is 20.9 Å². The van der Waals surface area contributed by atoms with Crippen molar-refractivity contribution in [3.8, 4) is 22.5 Å². The molecule has 4 heterocycles. The Bertz CT molecular complexity index is 1590. The molecule has 4 aromatic rings. The van der Waals surface area contributed by atoms with E-state index in [1.807, 2.05) is 0 Å². The molecule has 1 fully saturated rings. The van der Waals surface area contributed by atoms with Gasteiger partial charge in [0.25, 0.3) is 11.8 Å². The average molecular weight is 559 g/mol. The zero-order valence-corrected chi connectivity index (χ0v) is 21.6. The fraction of sp³-hybridized carbons (Fsp3) is 0.292. The summed E-state index contributed by atoms with van der Waals surface area (Å²) in [4.78, 5) is 31.0. The van der Waals surface area contributed by atoms with Crippen LogP contribution in [0.1, 0.15) is 34.9 Å². The molecule has 1 saturated heterocycles. The fourth-order valence-electron chi connectivity index (χ4n) is 4.05. The van der Waals surface area contributed by atoms with E-state index in [-0.39, 0.29) is 52.2 Å². The summed E-state index contributed by atoms with van der Waals surface area (Å²) in [6.45, 7) is 3.02. The molecule has 12 nitrogen and oxygen atoms in total. The van der Waals surface area contributed by atoms with Gasteiger partial charge in [0, 0.05) is 22.8 Å². The molecule has 39 heavy (non-hydrogen) atoms. The second-order valence-corrected chi connectivity index (χ2v) is 9.50. The van der Waals surface area contributed by atoms with Crippen LogP contribution in [0.25, 0.3) is 22.5 Å². The van der Waals surface area contributed by atoms with Crippen molar-refractivity contribution >= 4 is 23.4 Å².